The number of carbonyl (C=O) groups is 1. The van der Waals surface area contributed by atoms with Gasteiger partial charge in [0.05, 0.1) is 0 Å². The Kier molecular flexibility index (Phi) is 5.26. The first kappa shape index (κ1) is 10.0. The summed E-state index contributed by atoms with van der Waals surface area (Å²) in [6.45, 7) is 2.53. The molecular weight excluding hydrogens is 143 g/mol. The van der Waals surface area contributed by atoms with Gasteiger partial charge in [-0.05, 0) is 12.7 Å². The molecule has 0 aliphatic rings. The minimum Gasteiger partial charge on any atom is -0.437 e. The smallest absolute Gasteiger partial charge is 0.373 e. The Labute approximate surface area is 66.5 Å². The average molecular weight is 154 g/mol. The second-order valence-electron chi connectivity index (χ2n) is 2.03. The van der Waals surface area contributed by atoms with Crippen molar-refractivity contribution in [1.82, 2.24) is 10.5 Å². The molecule has 0 aromatic carbocycles. The van der Waals surface area contributed by atoms with E-state index < -0.39 is 13.0 Å². The van der Waals surface area contributed by atoms with E-state index in [0.29, 0.717) is 13.1 Å². The third-order valence-corrected chi connectivity index (χ3v) is 0.981. The number of rotatable bonds is 4. The maximum Gasteiger partial charge on any atom is 0.373 e. The van der Waals surface area contributed by atoms with Gasteiger partial charge in [0.15, 0.2) is 0 Å². The van der Waals surface area contributed by atoms with Crippen LogP contribution < -0.4 is 10.5 Å². The van der Waals surface area contributed by atoms with Crippen LogP contribution in [0.15, 0.2) is 0 Å². The molecule has 0 unspecified atom stereocenters. The number of terminal acetylenes is 1. The molecule has 60 valence electrons. The molecule has 11 heavy (non-hydrogen) atoms. The van der Waals surface area contributed by atoms with E-state index in [1.807, 2.05) is 5.92 Å². The van der Waals surface area contributed by atoms with Gasteiger partial charge in [-0.1, -0.05) is 0 Å². The Morgan fingerprint density at radius 2 is 2.36 bits per heavy atom. The van der Waals surface area contributed by atoms with Gasteiger partial charge in [-0.3, -0.25) is 4.79 Å². The van der Waals surface area contributed by atoms with Crippen LogP contribution in [0.5, 0.6) is 0 Å². The second kappa shape index (κ2) is 5.77. The van der Waals surface area contributed by atoms with Crippen LogP contribution in [0.2, 0.25) is 6.82 Å². The third kappa shape index (κ3) is 6.91. The van der Waals surface area contributed by atoms with Crippen LogP contribution >= 0.6 is 0 Å². The molecule has 0 aliphatic heterocycles. The second-order valence-corrected chi connectivity index (χ2v) is 2.03. The van der Waals surface area contributed by atoms with Crippen molar-refractivity contribution in [3.63, 3.8) is 0 Å². The quantitative estimate of drug-likeness (QED) is 0.260. The number of carbonyl (C=O) groups excluding carboxylic acids is 1. The Morgan fingerprint density at radius 3 is 2.82 bits per heavy atom. The summed E-state index contributed by atoms with van der Waals surface area (Å²) < 4.78 is 0. The van der Waals surface area contributed by atoms with Crippen LogP contribution in [0.25, 0.3) is 0 Å². The number of nitrogens with one attached hydrogen (secondary N) is 2. The van der Waals surface area contributed by atoms with Crippen molar-refractivity contribution in [3.8, 4) is 12.3 Å². The van der Waals surface area contributed by atoms with Gasteiger partial charge in [-0.2, -0.15) is 0 Å². The van der Waals surface area contributed by atoms with Crippen LogP contribution in [0.3, 0.4) is 0 Å². The fourth-order valence-electron chi connectivity index (χ4n) is 0.508. The summed E-state index contributed by atoms with van der Waals surface area (Å²) in [6.07, 6.45) is 4.78. The van der Waals surface area contributed by atoms with E-state index >= 15 is 0 Å². The van der Waals surface area contributed by atoms with Gasteiger partial charge in [-0.15, -0.1) is 6.42 Å². The van der Waals surface area contributed by atoms with Crippen LogP contribution in [0.4, 0.5) is 0 Å². The summed E-state index contributed by atoms with van der Waals surface area (Å²) in [5.74, 6) is 1.48. The van der Waals surface area contributed by atoms with E-state index in [9.17, 15) is 4.79 Å². The van der Waals surface area contributed by atoms with Gasteiger partial charge >= 0.3 is 7.05 Å². The molecule has 0 aromatic heterocycles. The van der Waals surface area contributed by atoms with E-state index in [-0.39, 0.29) is 0 Å². The van der Waals surface area contributed by atoms with Gasteiger partial charge < -0.3 is 15.6 Å². The molecule has 0 aromatic rings. The fourth-order valence-corrected chi connectivity index (χ4v) is 0.508. The lowest BCUT2D eigenvalue weighted by molar-refractivity contribution is -0.115. The minimum absolute atomic E-state index is 0.425. The largest absolute Gasteiger partial charge is 0.437 e. The first-order valence-corrected chi connectivity index (χ1v) is 3.32. The zero-order chi connectivity index (χ0) is 8.69. The van der Waals surface area contributed by atoms with Gasteiger partial charge in [-0.25, -0.2) is 0 Å². The van der Waals surface area contributed by atoms with Gasteiger partial charge in [0, 0.05) is 13.1 Å². The van der Waals surface area contributed by atoms with E-state index in [0.717, 1.165) is 0 Å². The van der Waals surface area contributed by atoms with Crippen molar-refractivity contribution >= 4 is 13.0 Å². The Bertz CT molecular complexity index is 164. The maximum atomic E-state index is 10.4. The van der Waals surface area contributed by atoms with Crippen LogP contribution in [0, 0.1) is 12.3 Å². The first-order valence-electron chi connectivity index (χ1n) is 3.32. The standard InChI is InChI=1S/C6H11BN2O2/c1-3-6(10)8-4-5-9-7(2)11/h1,9,11H,4-5H2,2H3,(H,8,10). The van der Waals surface area contributed by atoms with E-state index in [2.05, 4.69) is 10.5 Å². The van der Waals surface area contributed by atoms with Crippen molar-refractivity contribution in [2.24, 2.45) is 0 Å². The monoisotopic (exact) mass is 154 g/mol. The molecule has 5 heteroatoms. The molecule has 0 heterocycles. The van der Waals surface area contributed by atoms with Gasteiger partial charge in [0.25, 0.3) is 5.91 Å². The van der Waals surface area contributed by atoms with E-state index in [4.69, 9.17) is 11.4 Å². The summed E-state index contributed by atoms with van der Waals surface area (Å²) in [7, 11) is -0.558. The average Bonchev–Trinajstić information content (AvgIpc) is 1.97. The lowest BCUT2D eigenvalue weighted by atomic mass is 9.89. The van der Waals surface area contributed by atoms with Gasteiger partial charge in [0.1, 0.15) is 0 Å². The molecule has 0 rings (SSSR count). The normalized spacial score (nSPS) is 8.45. The lowest BCUT2D eigenvalue weighted by Crippen LogP contribution is -2.37. The summed E-state index contributed by atoms with van der Waals surface area (Å²) in [5.41, 5.74) is 0. The summed E-state index contributed by atoms with van der Waals surface area (Å²) in [6, 6.07) is 0. The summed E-state index contributed by atoms with van der Waals surface area (Å²) in [4.78, 5) is 10.4. The highest BCUT2D eigenvalue weighted by atomic mass is 16.2. The maximum absolute atomic E-state index is 10.4. The Hall–Kier alpha value is -0.985. The van der Waals surface area contributed by atoms with Crippen molar-refractivity contribution in [3.05, 3.63) is 0 Å². The van der Waals surface area contributed by atoms with Crippen molar-refractivity contribution in [2.45, 2.75) is 6.82 Å². The molecule has 0 bridgehead atoms. The SMILES string of the molecule is C#CC(=O)NCCNB(C)O. The molecule has 1 amide bonds. The predicted octanol–water partition coefficient (Wildman–Crippen LogP) is -1.56. The van der Waals surface area contributed by atoms with E-state index in [1.165, 1.54) is 0 Å². The molecule has 0 saturated carbocycles. The fraction of sp³-hybridized carbons (Fsp3) is 0.500. The molecule has 0 atom stereocenters. The van der Waals surface area contributed by atoms with Gasteiger partial charge in [0.2, 0.25) is 0 Å². The molecule has 4 nitrogen and oxygen atoms in total. The zero-order valence-corrected chi connectivity index (χ0v) is 6.42. The number of hydrogen-bond acceptors (Lipinski definition) is 3. The molecule has 0 aliphatic carbocycles. The Balaban J connectivity index is 3.16. The van der Waals surface area contributed by atoms with Crippen molar-refractivity contribution in [1.29, 1.82) is 0 Å². The van der Waals surface area contributed by atoms with Crippen LogP contribution in [0.1, 0.15) is 0 Å². The van der Waals surface area contributed by atoms with E-state index in [1.54, 1.807) is 6.82 Å². The van der Waals surface area contributed by atoms with Crippen molar-refractivity contribution < 1.29 is 9.82 Å². The number of amides is 1. The zero-order valence-electron chi connectivity index (χ0n) is 6.42. The molecule has 0 saturated heterocycles. The molecule has 0 spiro atoms. The summed E-state index contributed by atoms with van der Waals surface area (Å²) in [5, 5.41) is 13.8. The molecule has 0 radical (unpaired) electrons. The Morgan fingerprint density at radius 1 is 1.73 bits per heavy atom. The minimum atomic E-state index is -0.558. The molecular formula is C6H11BN2O2. The first-order chi connectivity index (χ1) is 5.16. The summed E-state index contributed by atoms with van der Waals surface area (Å²) >= 11 is 0. The predicted molar refractivity (Wildman–Crippen MR) is 43.7 cm³/mol. The van der Waals surface area contributed by atoms with Crippen LogP contribution in [-0.4, -0.2) is 31.1 Å². The van der Waals surface area contributed by atoms with Crippen LogP contribution in [-0.2, 0) is 4.79 Å². The third-order valence-electron chi connectivity index (χ3n) is 0.981. The highest BCUT2D eigenvalue weighted by Gasteiger charge is 1.99. The molecule has 3 N–H and O–H groups in total. The lowest BCUT2D eigenvalue weighted by Gasteiger charge is -2.03. The highest BCUT2D eigenvalue weighted by Crippen LogP contribution is 1.65. The highest BCUT2D eigenvalue weighted by molar-refractivity contribution is 6.45. The number of hydrogen-bond donors (Lipinski definition) is 3. The topological polar surface area (TPSA) is 61.4 Å². The van der Waals surface area contributed by atoms with Crippen molar-refractivity contribution in [2.75, 3.05) is 13.1 Å². The molecule has 0 fully saturated rings.